The Bertz CT molecular complexity index is 1500. The Balaban J connectivity index is 1.28. The number of rotatable bonds is 6. The van der Waals surface area contributed by atoms with Gasteiger partial charge in [0.25, 0.3) is 0 Å². The average Bonchev–Trinajstić information content (AvgIpc) is 3.27. The Labute approximate surface area is 234 Å². The Morgan fingerprint density at radius 1 is 1.00 bits per heavy atom. The van der Waals surface area contributed by atoms with E-state index in [9.17, 15) is 18.0 Å². The van der Waals surface area contributed by atoms with Crippen molar-refractivity contribution in [3.8, 4) is 0 Å². The Kier molecular flexibility index (Phi) is 8.49. The summed E-state index contributed by atoms with van der Waals surface area (Å²) in [5.41, 5.74) is 2.88. The second-order valence-corrected chi connectivity index (χ2v) is 10.4. The fraction of sp³-hybridized carbons (Fsp3) is 0.333. The molecule has 1 atom stereocenters. The molecule has 6 nitrogen and oxygen atoms in total. The number of hydrogen-bond acceptors (Lipinski definition) is 5. The van der Waals surface area contributed by atoms with Gasteiger partial charge in [0, 0.05) is 42.3 Å². The molecule has 0 bridgehead atoms. The van der Waals surface area contributed by atoms with Gasteiger partial charge >= 0.3 is 12.3 Å². The van der Waals surface area contributed by atoms with Gasteiger partial charge in [-0.15, -0.1) is 0 Å². The standard InChI is InChI=1S/C30H28ClF3N4O2/c31-23-15-26-22(19-38(28(26)37-18-23)29(39)40-25-6-4-2-1-3-5-7-25)14-21-9-12-24(35-17-21)11-8-20-10-13-27(36-16-20)30(32,33)34/h4,6,9-10,12-13,15-19,25H,1-3,5,7-8,11,14H2/b6-4+. The maximum absolute atomic E-state index is 13.1. The van der Waals surface area contributed by atoms with Gasteiger partial charge in [0.05, 0.1) is 5.02 Å². The fourth-order valence-electron chi connectivity index (χ4n) is 4.78. The molecule has 10 heteroatoms. The number of halogens is 4. The third kappa shape index (κ3) is 6.88. The van der Waals surface area contributed by atoms with Crippen LogP contribution in [0.5, 0.6) is 0 Å². The first-order valence-electron chi connectivity index (χ1n) is 13.3. The Morgan fingerprint density at radius 3 is 2.58 bits per heavy atom. The summed E-state index contributed by atoms with van der Waals surface area (Å²) in [6.07, 6.45) is 11.8. The minimum atomic E-state index is -4.45. The molecule has 5 rings (SSSR count). The van der Waals surface area contributed by atoms with E-state index in [1.807, 2.05) is 18.2 Å². The van der Waals surface area contributed by atoms with Crippen molar-refractivity contribution < 1.29 is 22.7 Å². The molecule has 1 aliphatic carbocycles. The number of alkyl halides is 3. The summed E-state index contributed by atoms with van der Waals surface area (Å²) >= 11 is 6.24. The highest BCUT2D eigenvalue weighted by atomic mass is 35.5. The number of carbonyl (C=O) groups is 1. The van der Waals surface area contributed by atoms with E-state index in [0.717, 1.165) is 60.4 Å². The number of allylic oxidation sites excluding steroid dienone is 1. The first-order chi connectivity index (χ1) is 19.3. The molecule has 0 saturated heterocycles. The lowest BCUT2D eigenvalue weighted by Crippen LogP contribution is -2.21. The molecule has 1 unspecified atom stereocenters. The number of aryl methyl sites for hydroxylation is 2. The van der Waals surface area contributed by atoms with Crippen LogP contribution in [0, 0.1) is 0 Å². The highest BCUT2D eigenvalue weighted by Crippen LogP contribution is 2.28. The van der Waals surface area contributed by atoms with Crippen LogP contribution in [0.15, 0.2) is 67.3 Å². The zero-order valence-electron chi connectivity index (χ0n) is 21.7. The summed E-state index contributed by atoms with van der Waals surface area (Å²) in [5.74, 6) is 0. The lowest BCUT2D eigenvalue weighted by molar-refractivity contribution is -0.141. The van der Waals surface area contributed by atoms with E-state index in [1.165, 1.54) is 23.0 Å². The predicted molar refractivity (Wildman–Crippen MR) is 146 cm³/mol. The fourth-order valence-corrected chi connectivity index (χ4v) is 4.94. The summed E-state index contributed by atoms with van der Waals surface area (Å²) in [6, 6.07) is 8.07. The number of carbonyl (C=O) groups excluding carboxylic acids is 1. The molecule has 4 aromatic rings. The Morgan fingerprint density at radius 2 is 1.82 bits per heavy atom. The van der Waals surface area contributed by atoms with Gasteiger partial charge in [-0.2, -0.15) is 13.2 Å². The van der Waals surface area contributed by atoms with Crippen molar-refractivity contribution in [2.45, 2.75) is 63.6 Å². The van der Waals surface area contributed by atoms with E-state index in [0.29, 0.717) is 35.5 Å². The predicted octanol–water partition coefficient (Wildman–Crippen LogP) is 7.75. The summed E-state index contributed by atoms with van der Waals surface area (Å²) in [6.45, 7) is 0. The number of ether oxygens (including phenoxy) is 1. The zero-order valence-corrected chi connectivity index (χ0v) is 22.5. The lowest BCUT2D eigenvalue weighted by Gasteiger charge is -2.16. The molecule has 0 aliphatic heterocycles. The summed E-state index contributed by atoms with van der Waals surface area (Å²) < 4.78 is 45.4. The van der Waals surface area contributed by atoms with Crippen molar-refractivity contribution in [3.63, 3.8) is 0 Å². The van der Waals surface area contributed by atoms with Crippen molar-refractivity contribution in [3.05, 3.63) is 100 Å². The van der Waals surface area contributed by atoms with E-state index in [2.05, 4.69) is 21.0 Å². The van der Waals surface area contributed by atoms with Crippen LogP contribution in [0.1, 0.15) is 60.2 Å². The highest BCUT2D eigenvalue weighted by Gasteiger charge is 2.32. The first kappa shape index (κ1) is 27.8. The number of fused-ring (bicyclic) bond motifs is 1. The molecule has 0 radical (unpaired) electrons. The van der Waals surface area contributed by atoms with E-state index in [1.54, 1.807) is 18.5 Å². The van der Waals surface area contributed by atoms with Crippen LogP contribution in [0.4, 0.5) is 18.0 Å². The molecule has 0 spiro atoms. The van der Waals surface area contributed by atoms with Crippen molar-refractivity contribution in [2.75, 3.05) is 0 Å². The molecule has 4 heterocycles. The summed E-state index contributed by atoms with van der Waals surface area (Å²) in [5, 5.41) is 1.23. The molecular weight excluding hydrogens is 541 g/mol. The molecule has 0 amide bonds. The topological polar surface area (TPSA) is 69.9 Å². The molecule has 0 N–H and O–H groups in total. The minimum absolute atomic E-state index is 0.267. The van der Waals surface area contributed by atoms with Crippen LogP contribution < -0.4 is 0 Å². The molecule has 40 heavy (non-hydrogen) atoms. The quantitative estimate of drug-likeness (QED) is 0.222. The zero-order chi connectivity index (χ0) is 28.1. The van der Waals surface area contributed by atoms with Crippen LogP contribution in [0.3, 0.4) is 0 Å². The molecular formula is C30H28ClF3N4O2. The smallest absolute Gasteiger partial charge is 0.433 e. The lowest BCUT2D eigenvalue weighted by atomic mass is 10.0. The highest BCUT2D eigenvalue weighted by molar-refractivity contribution is 6.31. The van der Waals surface area contributed by atoms with Crippen molar-refractivity contribution in [1.29, 1.82) is 0 Å². The van der Waals surface area contributed by atoms with Crippen LogP contribution in [0.25, 0.3) is 11.0 Å². The molecule has 4 aromatic heterocycles. The molecule has 0 fully saturated rings. The molecule has 208 valence electrons. The summed E-state index contributed by atoms with van der Waals surface area (Å²) in [4.78, 5) is 25.6. The van der Waals surface area contributed by atoms with Crippen LogP contribution >= 0.6 is 11.6 Å². The van der Waals surface area contributed by atoms with Gasteiger partial charge in [0.1, 0.15) is 17.4 Å². The van der Waals surface area contributed by atoms with Gasteiger partial charge in [0.2, 0.25) is 0 Å². The van der Waals surface area contributed by atoms with Crippen LogP contribution in [-0.2, 0) is 30.2 Å². The number of pyridine rings is 3. The van der Waals surface area contributed by atoms with Crippen molar-refractivity contribution in [1.82, 2.24) is 19.5 Å². The van der Waals surface area contributed by atoms with E-state index < -0.39 is 18.0 Å². The minimum Gasteiger partial charge on any atom is -0.441 e. The maximum Gasteiger partial charge on any atom is 0.433 e. The number of hydrogen-bond donors (Lipinski definition) is 0. The van der Waals surface area contributed by atoms with E-state index >= 15 is 0 Å². The molecule has 1 aliphatic rings. The van der Waals surface area contributed by atoms with Gasteiger partial charge in [0.15, 0.2) is 0 Å². The third-order valence-electron chi connectivity index (χ3n) is 6.92. The molecule has 0 saturated carbocycles. The third-order valence-corrected chi connectivity index (χ3v) is 7.12. The number of nitrogens with zero attached hydrogens (tertiary/aromatic N) is 4. The second kappa shape index (κ2) is 12.2. The average molecular weight is 569 g/mol. The largest absolute Gasteiger partial charge is 0.441 e. The van der Waals surface area contributed by atoms with E-state index in [4.69, 9.17) is 16.3 Å². The van der Waals surface area contributed by atoms with Gasteiger partial charge in [-0.1, -0.05) is 36.2 Å². The van der Waals surface area contributed by atoms with Gasteiger partial charge in [-0.05, 0) is 79.5 Å². The number of aromatic nitrogens is 4. The second-order valence-electron chi connectivity index (χ2n) is 9.92. The van der Waals surface area contributed by atoms with Crippen LogP contribution in [-0.4, -0.2) is 31.7 Å². The Hall–Kier alpha value is -3.72. The maximum atomic E-state index is 13.1. The van der Waals surface area contributed by atoms with Gasteiger partial charge < -0.3 is 4.74 Å². The monoisotopic (exact) mass is 568 g/mol. The molecule has 0 aromatic carbocycles. The van der Waals surface area contributed by atoms with Crippen molar-refractivity contribution >= 4 is 28.7 Å². The van der Waals surface area contributed by atoms with E-state index in [-0.39, 0.29) is 6.10 Å². The van der Waals surface area contributed by atoms with Gasteiger partial charge in [-0.3, -0.25) is 9.97 Å². The first-order valence-corrected chi connectivity index (χ1v) is 13.6. The SMILES string of the molecule is O=C(OC1/C=C/CCCCC1)n1cc(Cc2ccc(CCc3ccc(C(F)(F)F)nc3)nc2)c2cc(Cl)cnc21. The summed E-state index contributed by atoms with van der Waals surface area (Å²) in [7, 11) is 0. The van der Waals surface area contributed by atoms with Gasteiger partial charge in [-0.25, -0.2) is 14.3 Å². The van der Waals surface area contributed by atoms with Crippen molar-refractivity contribution in [2.24, 2.45) is 0 Å². The normalized spacial score (nSPS) is 16.9. The van der Waals surface area contributed by atoms with Crippen LogP contribution in [0.2, 0.25) is 5.02 Å².